The lowest BCUT2D eigenvalue weighted by Gasteiger charge is -2.43. The Morgan fingerprint density at radius 1 is 1.15 bits per heavy atom. The summed E-state index contributed by atoms with van der Waals surface area (Å²) in [6.07, 6.45) is 0.666. The molecular formula is C18H22N2O5S. The van der Waals surface area contributed by atoms with Crippen LogP contribution in [-0.2, 0) is 19.6 Å². The summed E-state index contributed by atoms with van der Waals surface area (Å²) in [7, 11) is -3.73. The number of sulfonamides is 1. The molecule has 0 bridgehead atoms. The molecule has 140 valence electrons. The minimum absolute atomic E-state index is 0.0496. The van der Waals surface area contributed by atoms with Crippen molar-refractivity contribution in [3.8, 4) is 0 Å². The van der Waals surface area contributed by atoms with Crippen molar-refractivity contribution in [2.75, 3.05) is 31.2 Å². The smallest absolute Gasteiger partial charge is 0.299 e. The van der Waals surface area contributed by atoms with Gasteiger partial charge in [-0.15, -0.1) is 0 Å². The minimum Gasteiger partial charge on any atom is -0.379 e. The Hall–Kier alpha value is -1.77. The molecule has 4 rings (SSSR count). The predicted octanol–water partition coefficient (Wildman–Crippen LogP) is 1.52. The molecule has 0 saturated carbocycles. The number of hydrogen-bond donors (Lipinski definition) is 0. The molecule has 1 saturated heterocycles. The molecule has 1 atom stereocenters. The van der Waals surface area contributed by atoms with Gasteiger partial charge in [-0.25, -0.2) is 8.42 Å². The van der Waals surface area contributed by atoms with Crippen LogP contribution in [0.2, 0.25) is 0 Å². The topological polar surface area (TPSA) is 84.0 Å². The Kier molecular flexibility index (Phi) is 3.81. The highest BCUT2D eigenvalue weighted by atomic mass is 32.2. The molecule has 3 aliphatic rings. The van der Waals surface area contributed by atoms with Gasteiger partial charge in [0.15, 0.2) is 0 Å². The Morgan fingerprint density at radius 2 is 1.81 bits per heavy atom. The van der Waals surface area contributed by atoms with Crippen molar-refractivity contribution >= 4 is 27.4 Å². The molecule has 0 radical (unpaired) electrons. The van der Waals surface area contributed by atoms with Crippen LogP contribution in [0.25, 0.3) is 0 Å². The summed E-state index contributed by atoms with van der Waals surface area (Å²) in [6.45, 7) is 7.16. The van der Waals surface area contributed by atoms with E-state index in [9.17, 15) is 18.0 Å². The van der Waals surface area contributed by atoms with Gasteiger partial charge in [-0.1, -0.05) is 6.92 Å². The zero-order valence-corrected chi connectivity index (χ0v) is 15.9. The molecule has 0 aromatic heterocycles. The van der Waals surface area contributed by atoms with Gasteiger partial charge in [-0.3, -0.25) is 14.5 Å². The summed E-state index contributed by atoms with van der Waals surface area (Å²) < 4.78 is 32.7. The highest BCUT2D eigenvalue weighted by molar-refractivity contribution is 7.89. The molecule has 3 aliphatic heterocycles. The number of carbonyl (C=O) groups is 2. The van der Waals surface area contributed by atoms with Gasteiger partial charge in [0.2, 0.25) is 10.0 Å². The molecule has 26 heavy (non-hydrogen) atoms. The zero-order valence-electron chi connectivity index (χ0n) is 15.1. The van der Waals surface area contributed by atoms with Gasteiger partial charge in [-0.2, -0.15) is 4.31 Å². The number of rotatable bonds is 2. The lowest BCUT2D eigenvalue weighted by molar-refractivity contribution is -0.115. The summed E-state index contributed by atoms with van der Waals surface area (Å²) in [5, 5.41) is 0. The lowest BCUT2D eigenvalue weighted by Crippen LogP contribution is -2.50. The number of Topliss-reactive ketones (excluding diaryl/α,β-unsaturated/α-hetero) is 1. The van der Waals surface area contributed by atoms with Gasteiger partial charge in [-0.05, 0) is 43.9 Å². The maximum absolute atomic E-state index is 13.0. The van der Waals surface area contributed by atoms with E-state index in [1.807, 2.05) is 20.8 Å². The predicted molar refractivity (Wildman–Crippen MR) is 94.9 cm³/mol. The van der Waals surface area contributed by atoms with E-state index in [0.717, 1.165) is 5.56 Å². The standard InChI is InChI=1S/C18H22N2O5S/c1-11-10-18(2,3)20-15-13(11)8-12(9-14(15)16(21)17(20)22)26(23,24)19-4-6-25-7-5-19/h8-9,11H,4-7,10H2,1-3H3. The molecule has 8 heteroatoms. The van der Waals surface area contributed by atoms with Crippen LogP contribution in [0, 0.1) is 0 Å². The van der Waals surface area contributed by atoms with Crippen LogP contribution >= 0.6 is 0 Å². The van der Waals surface area contributed by atoms with Crippen molar-refractivity contribution in [1.82, 2.24) is 4.31 Å². The maximum atomic E-state index is 13.0. The van der Waals surface area contributed by atoms with Gasteiger partial charge in [0.05, 0.1) is 29.4 Å². The molecular weight excluding hydrogens is 356 g/mol. The van der Waals surface area contributed by atoms with Crippen molar-refractivity contribution in [2.24, 2.45) is 0 Å². The van der Waals surface area contributed by atoms with Crippen molar-refractivity contribution in [3.05, 3.63) is 23.3 Å². The van der Waals surface area contributed by atoms with Gasteiger partial charge in [0.1, 0.15) is 0 Å². The quantitative estimate of drug-likeness (QED) is 0.729. The number of hydrogen-bond acceptors (Lipinski definition) is 5. The molecule has 1 unspecified atom stereocenters. The lowest BCUT2D eigenvalue weighted by atomic mass is 9.80. The number of amides is 1. The van der Waals surface area contributed by atoms with Crippen LogP contribution in [-0.4, -0.2) is 56.3 Å². The first-order valence-electron chi connectivity index (χ1n) is 8.79. The molecule has 1 aromatic carbocycles. The fourth-order valence-electron chi connectivity index (χ4n) is 4.36. The molecule has 3 heterocycles. The van der Waals surface area contributed by atoms with E-state index in [-0.39, 0.29) is 29.5 Å². The molecule has 1 fully saturated rings. The third kappa shape index (κ3) is 2.35. The number of benzene rings is 1. The van der Waals surface area contributed by atoms with E-state index in [1.54, 1.807) is 11.0 Å². The Balaban J connectivity index is 1.89. The first kappa shape index (κ1) is 17.6. The van der Waals surface area contributed by atoms with Gasteiger partial charge in [0.25, 0.3) is 11.7 Å². The normalized spacial score (nSPS) is 25.5. The zero-order chi connectivity index (χ0) is 18.9. The van der Waals surface area contributed by atoms with Crippen molar-refractivity contribution in [3.63, 3.8) is 0 Å². The number of anilines is 1. The van der Waals surface area contributed by atoms with Gasteiger partial charge >= 0.3 is 0 Å². The summed E-state index contributed by atoms with van der Waals surface area (Å²) in [6, 6.07) is 3.01. The number of nitrogens with zero attached hydrogens (tertiary/aromatic N) is 2. The fourth-order valence-corrected chi connectivity index (χ4v) is 5.83. The molecule has 0 spiro atoms. The summed E-state index contributed by atoms with van der Waals surface area (Å²) >= 11 is 0. The number of ketones is 1. The van der Waals surface area contributed by atoms with E-state index >= 15 is 0 Å². The average Bonchev–Trinajstić information content (AvgIpc) is 2.85. The second-order valence-corrected chi connectivity index (χ2v) is 9.75. The highest BCUT2D eigenvalue weighted by Crippen LogP contribution is 2.49. The van der Waals surface area contributed by atoms with Crippen molar-refractivity contribution in [2.45, 2.75) is 43.5 Å². The molecule has 1 amide bonds. The van der Waals surface area contributed by atoms with E-state index in [1.165, 1.54) is 10.4 Å². The van der Waals surface area contributed by atoms with Gasteiger partial charge in [0, 0.05) is 18.6 Å². The van der Waals surface area contributed by atoms with E-state index in [0.29, 0.717) is 25.3 Å². The van der Waals surface area contributed by atoms with Crippen LogP contribution in [0.5, 0.6) is 0 Å². The van der Waals surface area contributed by atoms with E-state index < -0.39 is 27.3 Å². The fraction of sp³-hybridized carbons (Fsp3) is 0.556. The number of morpholine rings is 1. The Morgan fingerprint density at radius 3 is 2.46 bits per heavy atom. The highest BCUT2D eigenvalue weighted by Gasteiger charge is 2.49. The minimum atomic E-state index is -3.73. The second kappa shape index (κ2) is 5.61. The van der Waals surface area contributed by atoms with Crippen molar-refractivity contribution in [1.29, 1.82) is 0 Å². The van der Waals surface area contributed by atoms with Crippen LogP contribution in [0.15, 0.2) is 17.0 Å². The Labute approximate surface area is 153 Å². The Bertz CT molecular complexity index is 916. The number of carbonyl (C=O) groups excluding carboxylic acids is 2. The SMILES string of the molecule is CC1CC(C)(C)N2C(=O)C(=O)c3cc(S(=O)(=O)N4CCOCC4)cc1c32. The molecule has 1 aromatic rings. The monoisotopic (exact) mass is 378 g/mol. The summed E-state index contributed by atoms with van der Waals surface area (Å²) in [4.78, 5) is 26.8. The van der Waals surface area contributed by atoms with Crippen LogP contribution in [0.1, 0.15) is 49.0 Å². The maximum Gasteiger partial charge on any atom is 0.299 e. The third-order valence-corrected chi connectivity index (χ3v) is 7.40. The van der Waals surface area contributed by atoms with Crippen molar-refractivity contribution < 1.29 is 22.7 Å². The molecule has 0 N–H and O–H groups in total. The summed E-state index contributed by atoms with van der Waals surface area (Å²) in [5.74, 6) is -1.14. The van der Waals surface area contributed by atoms with Gasteiger partial charge < -0.3 is 4.74 Å². The average molecular weight is 378 g/mol. The van der Waals surface area contributed by atoms with Crippen LogP contribution < -0.4 is 4.90 Å². The van der Waals surface area contributed by atoms with Crippen LogP contribution in [0.3, 0.4) is 0 Å². The summed E-state index contributed by atoms with van der Waals surface area (Å²) in [5.41, 5.74) is 1.08. The van der Waals surface area contributed by atoms with Crippen LogP contribution in [0.4, 0.5) is 5.69 Å². The van der Waals surface area contributed by atoms with E-state index in [2.05, 4.69) is 0 Å². The molecule has 0 aliphatic carbocycles. The van der Waals surface area contributed by atoms with E-state index in [4.69, 9.17) is 4.74 Å². The first-order chi connectivity index (χ1) is 12.1. The largest absolute Gasteiger partial charge is 0.379 e. The number of ether oxygens (including phenoxy) is 1. The second-order valence-electron chi connectivity index (χ2n) is 7.81. The molecule has 7 nitrogen and oxygen atoms in total. The third-order valence-electron chi connectivity index (χ3n) is 5.53. The first-order valence-corrected chi connectivity index (χ1v) is 10.2.